The number of amides is 2. The Morgan fingerprint density at radius 1 is 1.24 bits per heavy atom. The zero-order valence-electron chi connectivity index (χ0n) is 11.2. The highest BCUT2D eigenvalue weighted by molar-refractivity contribution is 6.39. The summed E-state index contributed by atoms with van der Waals surface area (Å²) >= 11 is 0. The van der Waals surface area contributed by atoms with Crippen LogP contribution in [0.2, 0.25) is 0 Å². The first-order chi connectivity index (χ1) is 9.73. The van der Waals surface area contributed by atoms with E-state index in [0.29, 0.717) is 0 Å². The van der Waals surface area contributed by atoms with Gasteiger partial charge in [0.2, 0.25) is 0 Å². The fourth-order valence-corrected chi connectivity index (χ4v) is 1.53. The number of anilines is 1. The van der Waals surface area contributed by atoms with Crippen LogP contribution in [0.5, 0.6) is 0 Å². The van der Waals surface area contributed by atoms with E-state index in [9.17, 15) is 22.8 Å². The molecule has 0 aromatic heterocycles. The molecule has 0 saturated carbocycles. The molecule has 3 N–H and O–H groups in total. The molecule has 1 aromatic carbocycles. The minimum absolute atomic E-state index is 0.0772. The summed E-state index contributed by atoms with van der Waals surface area (Å²) in [5.74, 6) is -2.12. The number of hydrogen-bond acceptors (Lipinski definition) is 3. The fraction of sp³-hybridized carbons (Fsp3) is 0.385. The maximum atomic E-state index is 12.4. The predicted molar refractivity (Wildman–Crippen MR) is 69.5 cm³/mol. The summed E-state index contributed by atoms with van der Waals surface area (Å²) in [5.41, 5.74) is -0.215. The zero-order chi connectivity index (χ0) is 16.0. The van der Waals surface area contributed by atoms with Crippen LogP contribution in [0.1, 0.15) is 12.5 Å². The molecule has 0 aliphatic rings. The second kappa shape index (κ2) is 7.07. The molecular weight excluding hydrogens is 289 g/mol. The van der Waals surface area contributed by atoms with E-state index in [1.54, 1.807) is 0 Å². The first-order valence-electron chi connectivity index (χ1n) is 6.10. The molecule has 0 heterocycles. The summed E-state index contributed by atoms with van der Waals surface area (Å²) in [6.45, 7) is 1.12. The van der Waals surface area contributed by atoms with Crippen molar-refractivity contribution in [2.45, 2.75) is 25.6 Å². The quantitative estimate of drug-likeness (QED) is 0.732. The molecule has 0 aliphatic carbocycles. The minimum atomic E-state index is -4.42. The van der Waals surface area contributed by atoms with Gasteiger partial charge in [-0.2, -0.15) is 13.2 Å². The summed E-state index contributed by atoms with van der Waals surface area (Å²) in [6.07, 6.45) is -5.63. The molecule has 0 radical (unpaired) electrons. The average Bonchev–Trinajstić information content (AvgIpc) is 2.39. The van der Waals surface area contributed by atoms with Crippen molar-refractivity contribution in [3.8, 4) is 0 Å². The molecule has 1 atom stereocenters. The number of halogens is 3. The van der Waals surface area contributed by atoms with E-state index >= 15 is 0 Å². The Hall–Kier alpha value is -2.09. The first kappa shape index (κ1) is 17.0. The van der Waals surface area contributed by atoms with Crippen molar-refractivity contribution >= 4 is 17.5 Å². The van der Waals surface area contributed by atoms with E-state index in [1.165, 1.54) is 31.2 Å². The average molecular weight is 304 g/mol. The third-order valence-corrected chi connectivity index (χ3v) is 2.51. The summed E-state index contributed by atoms with van der Waals surface area (Å²) in [4.78, 5) is 23.1. The van der Waals surface area contributed by atoms with Gasteiger partial charge in [0, 0.05) is 11.7 Å². The van der Waals surface area contributed by atoms with Gasteiger partial charge < -0.3 is 15.7 Å². The Balaban J connectivity index is 2.79. The first-order valence-corrected chi connectivity index (χ1v) is 6.10. The van der Waals surface area contributed by atoms with Crippen molar-refractivity contribution in [3.63, 3.8) is 0 Å². The van der Waals surface area contributed by atoms with Gasteiger partial charge in [0.05, 0.1) is 13.0 Å². The number of nitrogens with one attached hydrogen (secondary N) is 2. The molecular formula is C13H15F3N2O3. The Labute approximate surface area is 119 Å². The van der Waals surface area contributed by atoms with Crippen molar-refractivity contribution < 1.29 is 27.9 Å². The smallest absolute Gasteiger partial charge is 0.393 e. The highest BCUT2D eigenvalue weighted by Crippen LogP contribution is 2.25. The van der Waals surface area contributed by atoms with Crippen LogP contribution < -0.4 is 10.6 Å². The summed E-state index contributed by atoms with van der Waals surface area (Å²) in [7, 11) is 0. The zero-order valence-corrected chi connectivity index (χ0v) is 11.2. The number of aliphatic hydroxyl groups is 1. The second-order valence-electron chi connectivity index (χ2n) is 4.46. The molecule has 1 aromatic rings. The molecule has 1 unspecified atom stereocenters. The molecule has 0 saturated heterocycles. The van der Waals surface area contributed by atoms with Crippen LogP contribution >= 0.6 is 0 Å². The number of hydrogen-bond donors (Lipinski definition) is 3. The molecule has 2 amide bonds. The van der Waals surface area contributed by atoms with E-state index in [-0.39, 0.29) is 17.9 Å². The molecule has 8 heteroatoms. The fourth-order valence-electron chi connectivity index (χ4n) is 1.53. The minimum Gasteiger partial charge on any atom is -0.394 e. The van der Waals surface area contributed by atoms with Gasteiger partial charge in [-0.3, -0.25) is 9.59 Å². The van der Waals surface area contributed by atoms with Crippen LogP contribution in [0.3, 0.4) is 0 Å². The van der Waals surface area contributed by atoms with Gasteiger partial charge in [0.1, 0.15) is 0 Å². The van der Waals surface area contributed by atoms with Crippen LogP contribution in [0.15, 0.2) is 24.3 Å². The lowest BCUT2D eigenvalue weighted by Gasteiger charge is -2.14. The van der Waals surface area contributed by atoms with E-state index in [4.69, 9.17) is 5.11 Å². The van der Waals surface area contributed by atoms with Crippen LogP contribution in [0, 0.1) is 0 Å². The third-order valence-electron chi connectivity index (χ3n) is 2.51. The lowest BCUT2D eigenvalue weighted by atomic mass is 10.1. The number of alkyl halides is 3. The Kier molecular flexibility index (Phi) is 5.71. The van der Waals surface area contributed by atoms with Crippen LogP contribution in [0.25, 0.3) is 0 Å². The van der Waals surface area contributed by atoms with Gasteiger partial charge in [-0.25, -0.2) is 0 Å². The van der Waals surface area contributed by atoms with Crippen molar-refractivity contribution in [1.82, 2.24) is 5.32 Å². The van der Waals surface area contributed by atoms with Crippen LogP contribution in [-0.4, -0.2) is 35.7 Å². The van der Waals surface area contributed by atoms with Crippen molar-refractivity contribution in [1.29, 1.82) is 0 Å². The lowest BCUT2D eigenvalue weighted by Crippen LogP contribution is -2.42. The number of benzene rings is 1. The summed E-state index contributed by atoms with van der Waals surface area (Å²) in [5, 5.41) is 13.1. The second-order valence-corrected chi connectivity index (χ2v) is 4.46. The third kappa shape index (κ3) is 5.82. The molecule has 116 valence electrons. The van der Waals surface area contributed by atoms with Gasteiger partial charge in [-0.05, 0) is 18.6 Å². The SMILES string of the molecule is CC(CO)NC(=O)C(=O)Nc1ccccc1CC(F)(F)F. The largest absolute Gasteiger partial charge is 0.394 e. The predicted octanol–water partition coefficient (Wildman–Crippen LogP) is 1.23. The van der Waals surface area contributed by atoms with Crippen molar-refractivity contribution in [3.05, 3.63) is 29.8 Å². The Morgan fingerprint density at radius 3 is 2.43 bits per heavy atom. The van der Waals surface area contributed by atoms with E-state index < -0.39 is 30.5 Å². The molecule has 0 aliphatic heterocycles. The van der Waals surface area contributed by atoms with Gasteiger partial charge in [-0.1, -0.05) is 18.2 Å². The normalized spacial score (nSPS) is 12.6. The van der Waals surface area contributed by atoms with Gasteiger partial charge in [-0.15, -0.1) is 0 Å². The highest BCUT2D eigenvalue weighted by atomic mass is 19.4. The van der Waals surface area contributed by atoms with E-state index in [1.807, 2.05) is 0 Å². The van der Waals surface area contributed by atoms with E-state index in [0.717, 1.165) is 0 Å². The standard InChI is InChI=1S/C13H15F3N2O3/c1-8(7-19)17-11(20)12(21)18-10-5-3-2-4-9(10)6-13(14,15)16/h2-5,8,19H,6-7H2,1H3,(H,17,20)(H,18,21). The molecule has 0 bridgehead atoms. The summed E-state index contributed by atoms with van der Waals surface area (Å²) in [6, 6.07) is 4.72. The number of carbonyl (C=O) groups is 2. The van der Waals surface area contributed by atoms with Crippen molar-refractivity contribution in [2.24, 2.45) is 0 Å². The Morgan fingerprint density at radius 2 is 1.86 bits per heavy atom. The number of para-hydroxylation sites is 1. The maximum absolute atomic E-state index is 12.4. The highest BCUT2D eigenvalue weighted by Gasteiger charge is 2.29. The lowest BCUT2D eigenvalue weighted by molar-refractivity contribution is -0.136. The summed E-state index contributed by atoms with van der Waals surface area (Å²) < 4.78 is 37.2. The van der Waals surface area contributed by atoms with Gasteiger partial charge in [0.25, 0.3) is 0 Å². The van der Waals surface area contributed by atoms with Crippen LogP contribution in [0.4, 0.5) is 18.9 Å². The topological polar surface area (TPSA) is 78.4 Å². The van der Waals surface area contributed by atoms with Crippen molar-refractivity contribution in [2.75, 3.05) is 11.9 Å². The van der Waals surface area contributed by atoms with E-state index in [2.05, 4.69) is 10.6 Å². The van der Waals surface area contributed by atoms with Gasteiger partial charge in [0.15, 0.2) is 0 Å². The molecule has 21 heavy (non-hydrogen) atoms. The Bertz CT molecular complexity index is 518. The molecule has 5 nitrogen and oxygen atoms in total. The number of rotatable bonds is 4. The number of aliphatic hydroxyl groups excluding tert-OH is 1. The monoisotopic (exact) mass is 304 g/mol. The molecule has 0 spiro atoms. The molecule has 0 fully saturated rings. The van der Waals surface area contributed by atoms with Crippen LogP contribution in [-0.2, 0) is 16.0 Å². The molecule has 1 rings (SSSR count). The van der Waals surface area contributed by atoms with Gasteiger partial charge >= 0.3 is 18.0 Å². The number of carbonyl (C=O) groups excluding carboxylic acids is 2. The maximum Gasteiger partial charge on any atom is 0.393 e.